The maximum atomic E-state index is 4.51. The third kappa shape index (κ3) is 3.24. The average Bonchev–Trinajstić information content (AvgIpc) is 2.64. The molecule has 15 heavy (non-hydrogen) atoms. The average molecular weight is 240 g/mol. The summed E-state index contributed by atoms with van der Waals surface area (Å²) in [6.45, 7) is 6.27. The molecule has 0 amide bonds. The quantitative estimate of drug-likeness (QED) is 0.859. The number of rotatable bonds is 2. The van der Waals surface area contributed by atoms with Crippen molar-refractivity contribution in [3.63, 3.8) is 0 Å². The summed E-state index contributed by atoms with van der Waals surface area (Å²) in [6.07, 6.45) is 0. The predicted molar refractivity (Wildman–Crippen MR) is 69.8 cm³/mol. The van der Waals surface area contributed by atoms with E-state index in [-0.39, 0.29) is 0 Å². The number of thiophene rings is 1. The molecule has 1 atom stereocenters. The van der Waals surface area contributed by atoms with Crippen LogP contribution in [-0.2, 0) is 6.54 Å². The van der Waals surface area contributed by atoms with Crippen LogP contribution < -0.4 is 5.32 Å². The highest BCUT2D eigenvalue weighted by Gasteiger charge is 2.11. The minimum Gasteiger partial charge on any atom is -0.360 e. The molecule has 1 aliphatic rings. The van der Waals surface area contributed by atoms with E-state index in [2.05, 4.69) is 36.3 Å². The van der Waals surface area contributed by atoms with Crippen LogP contribution in [-0.4, -0.2) is 17.5 Å². The summed E-state index contributed by atoms with van der Waals surface area (Å²) in [7, 11) is 0. The highest BCUT2D eigenvalue weighted by molar-refractivity contribution is 8.13. The van der Waals surface area contributed by atoms with Gasteiger partial charge >= 0.3 is 0 Å². The molecule has 0 saturated carbocycles. The first-order valence-corrected chi connectivity index (χ1v) is 7.00. The summed E-state index contributed by atoms with van der Waals surface area (Å²) in [5, 5.41) is 4.51. The van der Waals surface area contributed by atoms with Gasteiger partial charge in [0.1, 0.15) is 0 Å². The molecule has 82 valence electrons. The van der Waals surface area contributed by atoms with Crippen molar-refractivity contribution in [3.05, 3.63) is 21.9 Å². The van der Waals surface area contributed by atoms with E-state index in [4.69, 9.17) is 0 Å². The van der Waals surface area contributed by atoms with E-state index in [1.165, 1.54) is 15.5 Å². The molecule has 0 fully saturated rings. The van der Waals surface area contributed by atoms with E-state index < -0.39 is 0 Å². The Morgan fingerprint density at radius 1 is 1.53 bits per heavy atom. The molecule has 1 unspecified atom stereocenters. The monoisotopic (exact) mass is 240 g/mol. The Labute approximate surface area is 99.2 Å². The fourth-order valence-corrected chi connectivity index (χ4v) is 3.13. The normalized spacial score (nSPS) is 21.2. The van der Waals surface area contributed by atoms with Gasteiger partial charge in [0.2, 0.25) is 0 Å². The van der Waals surface area contributed by atoms with Crippen LogP contribution in [0.4, 0.5) is 0 Å². The molecule has 2 rings (SSSR count). The molecule has 1 aromatic heterocycles. The molecular weight excluding hydrogens is 224 g/mol. The number of nitrogens with zero attached hydrogens (tertiary/aromatic N) is 1. The number of thioether (sulfide) groups is 1. The van der Waals surface area contributed by atoms with Crippen LogP contribution in [0.3, 0.4) is 0 Å². The van der Waals surface area contributed by atoms with Crippen molar-refractivity contribution in [1.82, 2.24) is 5.32 Å². The van der Waals surface area contributed by atoms with Crippen LogP contribution in [0.15, 0.2) is 17.1 Å². The van der Waals surface area contributed by atoms with Gasteiger partial charge in [-0.25, -0.2) is 0 Å². The van der Waals surface area contributed by atoms with Gasteiger partial charge in [-0.3, -0.25) is 4.99 Å². The van der Waals surface area contributed by atoms with Gasteiger partial charge in [-0.15, -0.1) is 11.3 Å². The topological polar surface area (TPSA) is 24.4 Å². The Kier molecular flexibility index (Phi) is 3.70. The van der Waals surface area contributed by atoms with Gasteiger partial charge in [-0.05, 0) is 25.0 Å². The van der Waals surface area contributed by atoms with Crippen molar-refractivity contribution in [2.75, 3.05) is 12.3 Å². The molecule has 2 nitrogen and oxygen atoms in total. The molecular formula is C11H16N2S2. The molecule has 1 aliphatic heterocycles. The Morgan fingerprint density at radius 3 is 3.00 bits per heavy atom. The zero-order valence-corrected chi connectivity index (χ0v) is 10.8. The highest BCUT2D eigenvalue weighted by Crippen LogP contribution is 2.18. The minimum absolute atomic E-state index is 0.726. The molecule has 0 spiro atoms. The second-order valence-electron chi connectivity index (χ2n) is 3.93. The molecule has 1 aromatic rings. The van der Waals surface area contributed by atoms with Gasteiger partial charge in [0.25, 0.3) is 0 Å². The Morgan fingerprint density at radius 2 is 2.40 bits per heavy atom. The smallest absolute Gasteiger partial charge is 0.156 e. The number of nitrogens with one attached hydrogen (secondary N) is 1. The van der Waals surface area contributed by atoms with E-state index in [1.807, 2.05) is 23.1 Å². The summed E-state index contributed by atoms with van der Waals surface area (Å²) < 4.78 is 0. The fraction of sp³-hybridized carbons (Fsp3) is 0.545. The minimum atomic E-state index is 0.726. The van der Waals surface area contributed by atoms with E-state index in [0.29, 0.717) is 0 Å². The van der Waals surface area contributed by atoms with Crippen molar-refractivity contribution in [2.24, 2.45) is 10.9 Å². The summed E-state index contributed by atoms with van der Waals surface area (Å²) >= 11 is 3.69. The SMILES string of the molecule is Cc1ccc(CNC2=NCC(C)CS2)s1. The summed E-state index contributed by atoms with van der Waals surface area (Å²) in [4.78, 5) is 7.26. The number of hydrogen-bond donors (Lipinski definition) is 1. The van der Waals surface area contributed by atoms with Crippen LogP contribution in [0.2, 0.25) is 0 Å². The Hall–Kier alpha value is -0.480. The third-order valence-corrected chi connectivity index (χ3v) is 4.54. The van der Waals surface area contributed by atoms with E-state index in [1.54, 1.807) is 0 Å². The first-order chi connectivity index (χ1) is 7.24. The van der Waals surface area contributed by atoms with Gasteiger partial charge in [0, 0.05) is 22.1 Å². The molecule has 0 aliphatic carbocycles. The second-order valence-corrected chi connectivity index (χ2v) is 6.31. The lowest BCUT2D eigenvalue weighted by molar-refractivity contribution is 0.669. The van der Waals surface area contributed by atoms with Gasteiger partial charge in [0.15, 0.2) is 5.17 Å². The van der Waals surface area contributed by atoms with Gasteiger partial charge in [0.05, 0.1) is 6.54 Å². The van der Waals surface area contributed by atoms with Crippen molar-refractivity contribution in [1.29, 1.82) is 0 Å². The number of hydrogen-bond acceptors (Lipinski definition) is 4. The van der Waals surface area contributed by atoms with Crippen LogP contribution in [0.1, 0.15) is 16.7 Å². The van der Waals surface area contributed by atoms with Crippen molar-refractivity contribution in [2.45, 2.75) is 20.4 Å². The van der Waals surface area contributed by atoms with Crippen LogP contribution >= 0.6 is 23.1 Å². The molecule has 0 bridgehead atoms. The summed E-state index contributed by atoms with van der Waals surface area (Å²) in [6, 6.07) is 4.35. The maximum Gasteiger partial charge on any atom is 0.156 e. The molecule has 2 heterocycles. The van der Waals surface area contributed by atoms with Crippen LogP contribution in [0, 0.1) is 12.8 Å². The summed E-state index contributed by atoms with van der Waals surface area (Å²) in [5.41, 5.74) is 0. The number of aliphatic imine (C=N–C) groups is 1. The van der Waals surface area contributed by atoms with Crippen LogP contribution in [0.25, 0.3) is 0 Å². The predicted octanol–water partition coefficient (Wildman–Crippen LogP) is 2.89. The molecule has 0 saturated heterocycles. The highest BCUT2D eigenvalue weighted by atomic mass is 32.2. The van der Waals surface area contributed by atoms with Crippen molar-refractivity contribution in [3.8, 4) is 0 Å². The van der Waals surface area contributed by atoms with Gasteiger partial charge in [-0.1, -0.05) is 18.7 Å². The lowest BCUT2D eigenvalue weighted by Gasteiger charge is -2.17. The fourth-order valence-electron chi connectivity index (χ4n) is 1.41. The molecule has 0 radical (unpaired) electrons. The Balaban J connectivity index is 1.83. The first kappa shape index (κ1) is 11.0. The van der Waals surface area contributed by atoms with Crippen LogP contribution in [0.5, 0.6) is 0 Å². The Bertz CT molecular complexity index is 357. The largest absolute Gasteiger partial charge is 0.360 e. The molecule has 1 N–H and O–H groups in total. The third-order valence-electron chi connectivity index (χ3n) is 2.26. The van der Waals surface area contributed by atoms with Crippen molar-refractivity contribution >= 4 is 28.3 Å². The number of amidine groups is 1. The maximum absolute atomic E-state index is 4.51. The second kappa shape index (κ2) is 5.03. The van der Waals surface area contributed by atoms with E-state index in [0.717, 1.165) is 24.2 Å². The summed E-state index contributed by atoms with van der Waals surface area (Å²) in [5.74, 6) is 1.92. The molecule has 0 aromatic carbocycles. The zero-order valence-electron chi connectivity index (χ0n) is 9.12. The molecule has 4 heteroatoms. The standard InChI is InChI=1S/C11H16N2S2/c1-8-5-12-11(14-7-8)13-6-10-4-3-9(2)15-10/h3-4,8H,5-7H2,1-2H3,(H,12,13). The van der Waals surface area contributed by atoms with E-state index in [9.17, 15) is 0 Å². The first-order valence-electron chi connectivity index (χ1n) is 5.20. The number of aryl methyl sites for hydroxylation is 1. The lowest BCUT2D eigenvalue weighted by atomic mass is 10.2. The van der Waals surface area contributed by atoms with Gasteiger partial charge in [-0.2, -0.15) is 0 Å². The van der Waals surface area contributed by atoms with Gasteiger partial charge < -0.3 is 5.32 Å². The van der Waals surface area contributed by atoms with E-state index >= 15 is 0 Å². The lowest BCUT2D eigenvalue weighted by Crippen LogP contribution is -2.25. The van der Waals surface area contributed by atoms with Crippen molar-refractivity contribution < 1.29 is 0 Å². The zero-order chi connectivity index (χ0) is 10.7.